The fourth-order valence-corrected chi connectivity index (χ4v) is 3.52. The van der Waals surface area contributed by atoms with Crippen LogP contribution in [0.2, 0.25) is 0 Å². The van der Waals surface area contributed by atoms with E-state index in [1.807, 2.05) is 62.0 Å². The number of aliphatic hydroxyl groups is 1. The number of aryl methyl sites for hydroxylation is 2. The number of hydrogen-bond donors (Lipinski definition) is 1. The zero-order valence-corrected chi connectivity index (χ0v) is 17.3. The van der Waals surface area contributed by atoms with Gasteiger partial charge in [-0.15, -0.1) is 0 Å². The van der Waals surface area contributed by atoms with Crippen LogP contribution in [0.5, 0.6) is 5.75 Å². The Kier molecular flexibility index (Phi) is 4.84. The van der Waals surface area contributed by atoms with Crippen LogP contribution in [0.3, 0.4) is 0 Å². The highest BCUT2D eigenvalue weighted by Gasteiger charge is 2.20. The maximum absolute atomic E-state index is 10.0. The second-order valence-corrected chi connectivity index (χ2v) is 7.37. The minimum Gasteiger partial charge on any atom is -0.496 e. The lowest BCUT2D eigenvalue weighted by Gasteiger charge is -2.18. The quantitative estimate of drug-likeness (QED) is 0.559. The summed E-state index contributed by atoms with van der Waals surface area (Å²) in [5, 5.41) is 14.3. The molecule has 0 fully saturated rings. The Balaban J connectivity index is 1.86. The van der Waals surface area contributed by atoms with E-state index in [1.54, 1.807) is 24.9 Å². The van der Waals surface area contributed by atoms with Gasteiger partial charge in [-0.3, -0.25) is 0 Å². The molecule has 150 valence electrons. The van der Waals surface area contributed by atoms with E-state index in [9.17, 15) is 5.11 Å². The molecule has 0 aliphatic carbocycles. The van der Waals surface area contributed by atoms with Crippen molar-refractivity contribution in [3.05, 3.63) is 54.1 Å². The van der Waals surface area contributed by atoms with Gasteiger partial charge in [0.2, 0.25) is 0 Å². The number of methoxy groups -OCH3 is 1. The minimum absolute atomic E-state index is 0.0892. The van der Waals surface area contributed by atoms with Gasteiger partial charge >= 0.3 is 0 Å². The maximum Gasteiger partial charge on any atom is 0.159 e. The number of aromatic nitrogens is 5. The Hall–Kier alpha value is -3.19. The van der Waals surface area contributed by atoms with Crippen LogP contribution in [0.4, 0.5) is 0 Å². The van der Waals surface area contributed by atoms with Crippen molar-refractivity contribution in [1.29, 1.82) is 0 Å². The molecule has 0 aliphatic rings. The summed E-state index contributed by atoms with van der Waals surface area (Å²) in [4.78, 5) is 9.78. The lowest BCUT2D eigenvalue weighted by Crippen LogP contribution is -2.18. The number of rotatable bonds is 5. The van der Waals surface area contributed by atoms with E-state index in [0.29, 0.717) is 5.75 Å². The molecular formula is C22H25N5O2. The Bertz CT molecular complexity index is 1160. The molecule has 0 amide bonds. The van der Waals surface area contributed by atoms with Gasteiger partial charge in [-0.1, -0.05) is 0 Å². The first-order valence-corrected chi connectivity index (χ1v) is 9.63. The zero-order chi connectivity index (χ0) is 20.7. The SMILES string of the molecule is COc1cc(-n2cccn2)ccc1-c1nc2c(C)cn(C(C)C(C)O)c2nc1C. The van der Waals surface area contributed by atoms with Crippen molar-refractivity contribution in [2.75, 3.05) is 7.11 Å². The lowest BCUT2D eigenvalue weighted by atomic mass is 10.1. The summed E-state index contributed by atoms with van der Waals surface area (Å²) >= 11 is 0. The third-order valence-electron chi connectivity index (χ3n) is 5.35. The molecule has 29 heavy (non-hydrogen) atoms. The third-order valence-corrected chi connectivity index (χ3v) is 5.35. The fraction of sp³-hybridized carbons (Fsp3) is 0.318. The summed E-state index contributed by atoms with van der Waals surface area (Å²) in [7, 11) is 1.65. The topological polar surface area (TPSA) is 78.0 Å². The number of nitrogens with zero attached hydrogens (tertiary/aromatic N) is 5. The molecule has 0 saturated heterocycles. The van der Waals surface area contributed by atoms with E-state index in [4.69, 9.17) is 14.7 Å². The summed E-state index contributed by atoms with van der Waals surface area (Å²) in [5.74, 6) is 0.712. The average molecular weight is 391 g/mol. The molecule has 7 nitrogen and oxygen atoms in total. The van der Waals surface area contributed by atoms with Crippen LogP contribution in [0.15, 0.2) is 42.9 Å². The van der Waals surface area contributed by atoms with Crippen LogP contribution < -0.4 is 4.74 Å². The van der Waals surface area contributed by atoms with Crippen LogP contribution in [0, 0.1) is 13.8 Å². The van der Waals surface area contributed by atoms with Crippen LogP contribution in [0.25, 0.3) is 28.1 Å². The first-order chi connectivity index (χ1) is 13.9. The third kappa shape index (κ3) is 3.27. The number of hydrogen-bond acceptors (Lipinski definition) is 5. The molecule has 0 saturated carbocycles. The molecule has 4 aromatic rings. The van der Waals surface area contributed by atoms with E-state index in [1.165, 1.54) is 0 Å². The molecule has 0 radical (unpaired) electrons. The Morgan fingerprint density at radius 2 is 1.93 bits per heavy atom. The summed E-state index contributed by atoms with van der Waals surface area (Å²) in [6.45, 7) is 7.72. The normalized spacial score (nSPS) is 13.6. The van der Waals surface area contributed by atoms with Gasteiger partial charge in [0.25, 0.3) is 0 Å². The molecule has 0 spiro atoms. The van der Waals surface area contributed by atoms with E-state index >= 15 is 0 Å². The molecule has 7 heteroatoms. The fourth-order valence-electron chi connectivity index (χ4n) is 3.52. The van der Waals surface area contributed by atoms with Crippen molar-refractivity contribution in [2.45, 2.75) is 39.8 Å². The molecule has 0 aliphatic heterocycles. The van der Waals surface area contributed by atoms with E-state index in [0.717, 1.165) is 39.4 Å². The van der Waals surface area contributed by atoms with Crippen molar-refractivity contribution in [1.82, 2.24) is 24.3 Å². The van der Waals surface area contributed by atoms with Gasteiger partial charge in [0.1, 0.15) is 11.3 Å². The predicted molar refractivity (Wildman–Crippen MR) is 113 cm³/mol. The highest BCUT2D eigenvalue weighted by atomic mass is 16.5. The first-order valence-electron chi connectivity index (χ1n) is 9.63. The van der Waals surface area contributed by atoms with Gasteiger partial charge in [-0.25, -0.2) is 14.6 Å². The summed E-state index contributed by atoms with van der Waals surface area (Å²) in [6.07, 6.45) is 5.15. The monoisotopic (exact) mass is 391 g/mol. The van der Waals surface area contributed by atoms with E-state index in [-0.39, 0.29) is 6.04 Å². The van der Waals surface area contributed by atoms with Crippen LogP contribution in [-0.2, 0) is 0 Å². The summed E-state index contributed by atoms with van der Waals surface area (Å²) in [6, 6.07) is 7.72. The molecule has 3 heterocycles. The van der Waals surface area contributed by atoms with Crippen LogP contribution in [0.1, 0.15) is 31.1 Å². The van der Waals surface area contributed by atoms with E-state index < -0.39 is 6.10 Å². The van der Waals surface area contributed by atoms with E-state index in [2.05, 4.69) is 5.10 Å². The van der Waals surface area contributed by atoms with Gasteiger partial charge in [-0.05, 0) is 51.5 Å². The van der Waals surface area contributed by atoms with Gasteiger partial charge in [-0.2, -0.15) is 5.10 Å². The largest absolute Gasteiger partial charge is 0.496 e. The minimum atomic E-state index is -0.485. The average Bonchev–Trinajstić information content (AvgIpc) is 3.35. The predicted octanol–water partition coefficient (Wildman–Crippen LogP) is 3.85. The van der Waals surface area contributed by atoms with Gasteiger partial charge in [0.15, 0.2) is 5.65 Å². The van der Waals surface area contributed by atoms with Crippen molar-refractivity contribution >= 4 is 11.2 Å². The second kappa shape index (κ2) is 7.33. The molecular weight excluding hydrogens is 366 g/mol. The van der Waals surface area contributed by atoms with Crippen molar-refractivity contribution in [2.24, 2.45) is 0 Å². The van der Waals surface area contributed by atoms with Gasteiger partial charge in [0.05, 0.1) is 36.3 Å². The van der Waals surface area contributed by atoms with Crippen molar-refractivity contribution in [3.8, 4) is 22.7 Å². The molecule has 1 aromatic carbocycles. The molecule has 0 bridgehead atoms. The Morgan fingerprint density at radius 3 is 2.59 bits per heavy atom. The molecule has 1 N–H and O–H groups in total. The number of ether oxygens (including phenoxy) is 1. The van der Waals surface area contributed by atoms with Gasteiger partial charge in [0, 0.05) is 30.2 Å². The maximum atomic E-state index is 10.0. The molecule has 4 rings (SSSR count). The second-order valence-electron chi connectivity index (χ2n) is 7.37. The summed E-state index contributed by atoms with van der Waals surface area (Å²) < 4.78 is 9.45. The first kappa shape index (κ1) is 19.1. The molecule has 3 aromatic heterocycles. The van der Waals surface area contributed by atoms with Crippen molar-refractivity contribution < 1.29 is 9.84 Å². The van der Waals surface area contributed by atoms with Crippen LogP contribution in [-0.4, -0.2) is 42.6 Å². The standard InChI is InChI=1S/C22H25N5O2/c1-13-12-26(15(3)16(4)28)22-20(13)25-21(14(2)24-22)18-8-7-17(11-19(18)29-5)27-10-6-9-23-27/h6-12,15-16,28H,1-5H3. The summed E-state index contributed by atoms with van der Waals surface area (Å²) in [5.41, 5.74) is 6.02. The Labute approximate surface area is 169 Å². The highest BCUT2D eigenvalue weighted by molar-refractivity contribution is 5.81. The van der Waals surface area contributed by atoms with Crippen molar-refractivity contribution in [3.63, 3.8) is 0 Å². The highest BCUT2D eigenvalue weighted by Crippen LogP contribution is 2.34. The zero-order valence-electron chi connectivity index (χ0n) is 17.3. The number of aliphatic hydroxyl groups excluding tert-OH is 1. The molecule has 2 unspecified atom stereocenters. The Morgan fingerprint density at radius 1 is 1.14 bits per heavy atom. The number of benzene rings is 1. The number of fused-ring (bicyclic) bond motifs is 1. The van der Waals surface area contributed by atoms with Gasteiger partial charge < -0.3 is 14.4 Å². The molecule has 2 atom stereocenters. The van der Waals surface area contributed by atoms with Crippen LogP contribution >= 0.6 is 0 Å². The smallest absolute Gasteiger partial charge is 0.159 e. The lowest BCUT2D eigenvalue weighted by molar-refractivity contribution is 0.141.